The Kier molecular flexibility index (Phi) is 9.92. The van der Waals surface area contributed by atoms with Gasteiger partial charge in [-0.15, -0.1) is 0 Å². The van der Waals surface area contributed by atoms with Crippen LogP contribution in [0.25, 0.3) is 11.1 Å². The maximum atomic E-state index is 7.11. The van der Waals surface area contributed by atoms with Crippen molar-refractivity contribution in [3.8, 4) is 22.6 Å². The SMILES string of the molecule is Cc1cc(C)cc(-c2cc(C(C)(C)C)ccc2N2c3cc(N(c4ccccc4)c4ccccc4)ccc3B3c4ccc(N(c5ccccc5)c5ccccc5)cc4Oc4cccc2c43)c1. The van der Waals surface area contributed by atoms with E-state index in [2.05, 4.69) is 262 Å². The molecule has 5 heteroatoms. The Bertz CT molecular complexity index is 3100. The number of anilines is 9. The summed E-state index contributed by atoms with van der Waals surface area (Å²) in [4.78, 5) is 7.18. The van der Waals surface area contributed by atoms with Gasteiger partial charge in [0.2, 0.25) is 0 Å². The molecule has 0 spiro atoms. The molecule has 0 atom stereocenters. The molecule has 0 N–H and O–H groups in total. The smallest absolute Gasteiger partial charge is 0.256 e. The Morgan fingerprint density at radius 2 is 0.938 bits per heavy atom. The van der Waals surface area contributed by atoms with Crippen LogP contribution in [0.1, 0.15) is 37.5 Å². The summed E-state index contributed by atoms with van der Waals surface area (Å²) in [5.41, 5.74) is 19.5. The maximum absolute atomic E-state index is 7.11. The van der Waals surface area contributed by atoms with Crippen LogP contribution in [0.5, 0.6) is 11.5 Å². The molecule has 314 valence electrons. The topological polar surface area (TPSA) is 19.0 Å². The van der Waals surface area contributed by atoms with Crippen LogP contribution in [0.3, 0.4) is 0 Å². The minimum absolute atomic E-state index is 0.0466. The third-order valence-corrected chi connectivity index (χ3v) is 12.9. The summed E-state index contributed by atoms with van der Waals surface area (Å²) < 4.78 is 7.11. The Labute approximate surface area is 383 Å². The third-order valence-electron chi connectivity index (χ3n) is 12.9. The van der Waals surface area contributed by atoms with Gasteiger partial charge in [0.15, 0.2) is 0 Å². The van der Waals surface area contributed by atoms with Gasteiger partial charge in [-0.3, -0.25) is 0 Å². The summed E-state index contributed by atoms with van der Waals surface area (Å²) in [5, 5.41) is 0. The second-order valence-corrected chi connectivity index (χ2v) is 18.4. The van der Waals surface area contributed by atoms with Gasteiger partial charge in [0.05, 0.1) is 5.69 Å². The van der Waals surface area contributed by atoms with Crippen molar-refractivity contribution in [1.29, 1.82) is 0 Å². The number of fused-ring (bicyclic) bond motifs is 4. The largest absolute Gasteiger partial charge is 0.458 e. The first kappa shape index (κ1) is 40.0. The molecule has 4 nitrogen and oxygen atoms in total. The first-order chi connectivity index (χ1) is 31.7. The van der Waals surface area contributed by atoms with E-state index in [1.54, 1.807) is 0 Å². The minimum atomic E-state index is -0.0818. The molecule has 11 rings (SSSR count). The first-order valence-electron chi connectivity index (χ1n) is 22.6. The van der Waals surface area contributed by atoms with Gasteiger partial charge in [0, 0.05) is 57.1 Å². The molecule has 2 aliphatic heterocycles. The Morgan fingerprint density at radius 3 is 1.48 bits per heavy atom. The van der Waals surface area contributed by atoms with Gasteiger partial charge >= 0.3 is 0 Å². The quantitative estimate of drug-likeness (QED) is 0.142. The highest BCUT2D eigenvalue weighted by Crippen LogP contribution is 2.48. The van der Waals surface area contributed by atoms with Crippen LogP contribution in [0.4, 0.5) is 51.2 Å². The van der Waals surface area contributed by atoms with Crippen molar-refractivity contribution in [2.75, 3.05) is 14.7 Å². The van der Waals surface area contributed by atoms with Crippen LogP contribution >= 0.6 is 0 Å². The van der Waals surface area contributed by atoms with E-state index in [0.29, 0.717) is 0 Å². The molecular weight excluding hydrogens is 789 g/mol. The molecule has 2 heterocycles. The molecule has 0 saturated carbocycles. The molecule has 65 heavy (non-hydrogen) atoms. The summed E-state index contributed by atoms with van der Waals surface area (Å²) >= 11 is 0. The minimum Gasteiger partial charge on any atom is -0.458 e. The molecule has 0 saturated heterocycles. The molecule has 0 fully saturated rings. The molecule has 9 aromatic carbocycles. The van der Waals surface area contributed by atoms with Crippen LogP contribution in [0.2, 0.25) is 0 Å². The summed E-state index contributed by atoms with van der Waals surface area (Å²) in [7, 11) is 0. The van der Waals surface area contributed by atoms with Gasteiger partial charge in [-0.05, 0) is 138 Å². The fraction of sp³-hybridized carbons (Fsp3) is 0.100. The number of hydrogen-bond donors (Lipinski definition) is 0. The van der Waals surface area contributed by atoms with E-state index in [-0.39, 0.29) is 12.1 Å². The molecule has 0 aliphatic carbocycles. The number of aryl methyl sites for hydroxylation is 2. The van der Waals surface area contributed by atoms with Crippen LogP contribution in [0.15, 0.2) is 212 Å². The van der Waals surface area contributed by atoms with Gasteiger partial charge in [0.1, 0.15) is 11.5 Å². The molecule has 0 bridgehead atoms. The molecule has 9 aromatic rings. The lowest BCUT2D eigenvalue weighted by Crippen LogP contribution is -2.59. The average molecular weight is 840 g/mol. The summed E-state index contributed by atoms with van der Waals surface area (Å²) in [6, 6.07) is 77.0. The van der Waals surface area contributed by atoms with E-state index in [9.17, 15) is 0 Å². The van der Waals surface area contributed by atoms with Gasteiger partial charge in [-0.1, -0.05) is 147 Å². The molecule has 0 radical (unpaired) electrons. The number of rotatable bonds is 8. The van der Waals surface area contributed by atoms with E-state index in [4.69, 9.17) is 4.74 Å². The monoisotopic (exact) mass is 839 g/mol. The molecule has 0 amide bonds. The van der Waals surface area contributed by atoms with E-state index in [1.807, 2.05) is 0 Å². The van der Waals surface area contributed by atoms with Crippen LogP contribution in [-0.4, -0.2) is 6.71 Å². The zero-order valence-corrected chi connectivity index (χ0v) is 37.5. The van der Waals surface area contributed by atoms with Crippen molar-refractivity contribution >= 4 is 74.3 Å². The van der Waals surface area contributed by atoms with Crippen molar-refractivity contribution < 1.29 is 4.74 Å². The van der Waals surface area contributed by atoms with Crippen molar-refractivity contribution in [3.05, 3.63) is 229 Å². The molecule has 0 unspecified atom stereocenters. The van der Waals surface area contributed by atoms with E-state index in [1.165, 1.54) is 38.7 Å². The van der Waals surface area contributed by atoms with Crippen molar-refractivity contribution in [1.82, 2.24) is 0 Å². The maximum Gasteiger partial charge on any atom is 0.256 e. The van der Waals surface area contributed by atoms with Gasteiger partial charge in [-0.25, -0.2) is 0 Å². The highest BCUT2D eigenvalue weighted by Gasteiger charge is 2.43. The van der Waals surface area contributed by atoms with Gasteiger partial charge in [-0.2, -0.15) is 0 Å². The number of nitrogens with zero attached hydrogens (tertiary/aromatic N) is 3. The number of ether oxygens (including phenoxy) is 1. The average Bonchev–Trinajstić information content (AvgIpc) is 3.32. The van der Waals surface area contributed by atoms with E-state index >= 15 is 0 Å². The Morgan fingerprint density at radius 1 is 0.415 bits per heavy atom. The number of para-hydroxylation sites is 4. The fourth-order valence-electron chi connectivity index (χ4n) is 9.95. The van der Waals surface area contributed by atoms with E-state index < -0.39 is 0 Å². The zero-order chi connectivity index (χ0) is 44.2. The second-order valence-electron chi connectivity index (χ2n) is 18.4. The fourth-order valence-corrected chi connectivity index (χ4v) is 9.95. The predicted molar refractivity (Wildman–Crippen MR) is 275 cm³/mol. The van der Waals surface area contributed by atoms with Crippen LogP contribution in [-0.2, 0) is 5.41 Å². The van der Waals surface area contributed by atoms with Gasteiger partial charge < -0.3 is 19.4 Å². The zero-order valence-electron chi connectivity index (χ0n) is 37.5. The predicted octanol–water partition coefficient (Wildman–Crippen LogP) is 14.6. The first-order valence-corrected chi connectivity index (χ1v) is 22.6. The van der Waals surface area contributed by atoms with Crippen molar-refractivity contribution in [2.24, 2.45) is 0 Å². The third kappa shape index (κ3) is 7.24. The van der Waals surface area contributed by atoms with Crippen molar-refractivity contribution in [3.63, 3.8) is 0 Å². The highest BCUT2D eigenvalue weighted by atomic mass is 16.5. The van der Waals surface area contributed by atoms with Crippen molar-refractivity contribution in [2.45, 2.75) is 40.0 Å². The summed E-state index contributed by atoms with van der Waals surface area (Å²) in [6.45, 7) is 11.2. The van der Waals surface area contributed by atoms with Gasteiger partial charge in [0.25, 0.3) is 6.71 Å². The Balaban J connectivity index is 1.16. The Hall–Kier alpha value is -7.76. The molecular formula is C60H50BN3O. The second kappa shape index (κ2) is 16.1. The number of hydrogen-bond acceptors (Lipinski definition) is 4. The lowest BCUT2D eigenvalue weighted by atomic mass is 9.34. The molecule has 2 aliphatic rings. The van der Waals surface area contributed by atoms with Crippen LogP contribution in [0, 0.1) is 13.8 Å². The lowest BCUT2D eigenvalue weighted by molar-refractivity contribution is 0.487. The standard InChI is InChI=1S/C60H50BN3O/c1-41-35-42(2)37-43(36-41)51-38-44(60(3,4)5)29-34-54(51)64-55-27-18-28-57-59(55)61(52-32-30-49(39-56(52)64)62(45-19-10-6-11-20-45)46-21-12-7-13-22-46)53-33-31-50(40-58(53)65-57)63(47-23-14-8-15-24-47)48-25-16-9-17-26-48/h6-40H,1-5H3. The highest BCUT2D eigenvalue weighted by molar-refractivity contribution is 6.99. The van der Waals surface area contributed by atoms with E-state index in [0.717, 1.165) is 68.1 Å². The molecule has 0 aromatic heterocycles. The normalized spacial score (nSPS) is 12.4. The summed E-state index contributed by atoms with van der Waals surface area (Å²) in [5.74, 6) is 1.73. The number of benzene rings is 9. The lowest BCUT2D eigenvalue weighted by Gasteiger charge is -2.41. The van der Waals surface area contributed by atoms with Crippen LogP contribution < -0.4 is 35.8 Å². The summed E-state index contributed by atoms with van der Waals surface area (Å²) in [6.07, 6.45) is 0.